The highest BCUT2D eigenvalue weighted by molar-refractivity contribution is 5.86. The number of piperidine rings is 1. The van der Waals surface area contributed by atoms with E-state index >= 15 is 0 Å². The first-order chi connectivity index (χ1) is 12.4. The van der Waals surface area contributed by atoms with E-state index in [9.17, 15) is 4.79 Å². The van der Waals surface area contributed by atoms with Gasteiger partial charge in [0, 0.05) is 23.7 Å². The second kappa shape index (κ2) is 9.78. The maximum absolute atomic E-state index is 12.7. The number of carbonyl (C=O) groups is 1. The van der Waals surface area contributed by atoms with Crippen molar-refractivity contribution in [1.29, 1.82) is 0 Å². The predicted octanol–water partition coefficient (Wildman–Crippen LogP) is 1.69. The van der Waals surface area contributed by atoms with E-state index in [2.05, 4.69) is 59.6 Å². The zero-order valence-corrected chi connectivity index (χ0v) is 18.3. The summed E-state index contributed by atoms with van der Waals surface area (Å²) in [5.74, 6) is -0.0857. The average Bonchev–Trinajstić information content (AvgIpc) is 2.48. The molecule has 7 nitrogen and oxygen atoms in total. The third-order valence-corrected chi connectivity index (χ3v) is 4.69. The molecular weight excluding hydrogens is 340 g/mol. The maximum Gasteiger partial charge on any atom is 0.248 e. The van der Waals surface area contributed by atoms with Crippen LogP contribution in [-0.2, 0) is 4.79 Å². The van der Waals surface area contributed by atoms with Gasteiger partial charge in [0.15, 0.2) is 0 Å². The van der Waals surface area contributed by atoms with Crippen LogP contribution in [0.2, 0.25) is 0 Å². The minimum absolute atomic E-state index is 0.0130. The van der Waals surface area contributed by atoms with Gasteiger partial charge in [-0.2, -0.15) is 0 Å². The zero-order chi connectivity index (χ0) is 20.7. The summed E-state index contributed by atoms with van der Waals surface area (Å²) in [6, 6.07) is 2.91. The molecular formula is C20H40N6O. The summed E-state index contributed by atoms with van der Waals surface area (Å²) in [5.41, 5.74) is 4.55. The third-order valence-electron chi connectivity index (χ3n) is 4.69. The summed E-state index contributed by atoms with van der Waals surface area (Å²) in [6.07, 6.45) is 2.73. The van der Waals surface area contributed by atoms with E-state index in [1.54, 1.807) is 13.8 Å². The largest absolute Gasteiger partial charge is 0.351 e. The Morgan fingerprint density at radius 2 is 1.89 bits per heavy atom. The van der Waals surface area contributed by atoms with Crippen LogP contribution < -0.4 is 21.7 Å². The molecule has 5 N–H and O–H groups in total. The average molecular weight is 381 g/mol. The van der Waals surface area contributed by atoms with Crippen LogP contribution in [0.15, 0.2) is 9.98 Å². The van der Waals surface area contributed by atoms with Gasteiger partial charge in [-0.05, 0) is 80.8 Å². The Hall–Kier alpha value is -1.27. The van der Waals surface area contributed by atoms with Gasteiger partial charge < -0.3 is 21.7 Å². The third kappa shape index (κ3) is 8.98. The van der Waals surface area contributed by atoms with E-state index in [-0.39, 0.29) is 29.1 Å². The van der Waals surface area contributed by atoms with Crippen LogP contribution in [0.3, 0.4) is 0 Å². The van der Waals surface area contributed by atoms with Crippen molar-refractivity contribution in [3.63, 3.8) is 0 Å². The molecule has 1 amide bonds. The number of rotatable bonds is 9. The number of hydrogen-bond acceptors (Lipinski definition) is 6. The van der Waals surface area contributed by atoms with Crippen molar-refractivity contribution in [1.82, 2.24) is 16.0 Å². The van der Waals surface area contributed by atoms with Gasteiger partial charge in [0.1, 0.15) is 5.54 Å². The first-order valence-electron chi connectivity index (χ1n) is 10.0. The van der Waals surface area contributed by atoms with Gasteiger partial charge in [0.05, 0.1) is 12.1 Å². The fourth-order valence-corrected chi connectivity index (χ4v) is 3.67. The van der Waals surface area contributed by atoms with Gasteiger partial charge >= 0.3 is 0 Å². The van der Waals surface area contributed by atoms with Crippen LogP contribution in [0.1, 0.15) is 67.7 Å². The SMILES string of the molecule is CC(CNCCCN)N=C=NC(C)(C)C(=O)NC1CC(C)(C)NC(C)(C)C1. The highest BCUT2D eigenvalue weighted by atomic mass is 16.2. The zero-order valence-electron chi connectivity index (χ0n) is 18.3. The second-order valence-corrected chi connectivity index (χ2v) is 9.57. The number of nitrogens with one attached hydrogen (secondary N) is 3. The van der Waals surface area contributed by atoms with Crippen LogP contribution in [-0.4, -0.2) is 60.3 Å². The van der Waals surface area contributed by atoms with Gasteiger partial charge in [-0.25, -0.2) is 9.98 Å². The molecule has 1 fully saturated rings. The van der Waals surface area contributed by atoms with Gasteiger partial charge in [0.25, 0.3) is 0 Å². The summed E-state index contributed by atoms with van der Waals surface area (Å²) < 4.78 is 0. The molecule has 0 aromatic heterocycles. The topological polar surface area (TPSA) is 104 Å². The predicted molar refractivity (Wildman–Crippen MR) is 112 cm³/mol. The van der Waals surface area contributed by atoms with Crippen molar-refractivity contribution in [2.75, 3.05) is 19.6 Å². The quantitative estimate of drug-likeness (QED) is 0.361. The van der Waals surface area contributed by atoms with E-state index in [1.807, 2.05) is 6.92 Å². The molecule has 156 valence electrons. The minimum atomic E-state index is -0.893. The second-order valence-electron chi connectivity index (χ2n) is 9.57. The van der Waals surface area contributed by atoms with Crippen LogP contribution in [0, 0.1) is 0 Å². The molecule has 1 unspecified atom stereocenters. The first kappa shape index (κ1) is 23.8. The Kier molecular flexibility index (Phi) is 8.61. The Morgan fingerprint density at radius 1 is 1.30 bits per heavy atom. The van der Waals surface area contributed by atoms with E-state index in [0.29, 0.717) is 6.54 Å². The molecule has 0 radical (unpaired) electrons. The highest BCUT2D eigenvalue weighted by Gasteiger charge is 2.39. The van der Waals surface area contributed by atoms with Crippen molar-refractivity contribution in [3.8, 4) is 0 Å². The number of carbonyl (C=O) groups excluding carboxylic acids is 1. The van der Waals surface area contributed by atoms with Gasteiger partial charge in [-0.1, -0.05) is 0 Å². The van der Waals surface area contributed by atoms with Crippen LogP contribution in [0.5, 0.6) is 0 Å². The number of amides is 1. The van der Waals surface area contributed by atoms with E-state index in [4.69, 9.17) is 5.73 Å². The van der Waals surface area contributed by atoms with Crippen molar-refractivity contribution in [3.05, 3.63) is 0 Å². The van der Waals surface area contributed by atoms with Crippen LogP contribution in [0.4, 0.5) is 0 Å². The number of nitrogens with zero attached hydrogens (tertiary/aromatic N) is 2. The fourth-order valence-electron chi connectivity index (χ4n) is 3.67. The van der Waals surface area contributed by atoms with Crippen molar-refractivity contribution in [2.45, 2.75) is 96.4 Å². The van der Waals surface area contributed by atoms with E-state index in [1.165, 1.54) is 0 Å². The number of hydrogen-bond donors (Lipinski definition) is 4. The minimum Gasteiger partial charge on any atom is -0.351 e. The molecule has 0 bridgehead atoms. The number of aliphatic imine (C=N–C) groups is 2. The van der Waals surface area contributed by atoms with Crippen molar-refractivity contribution in [2.24, 2.45) is 15.7 Å². The smallest absolute Gasteiger partial charge is 0.248 e. The molecule has 1 saturated heterocycles. The molecule has 0 spiro atoms. The lowest BCUT2D eigenvalue weighted by Gasteiger charge is -2.47. The van der Waals surface area contributed by atoms with Crippen molar-refractivity contribution < 1.29 is 4.79 Å². The maximum atomic E-state index is 12.7. The Morgan fingerprint density at radius 3 is 2.44 bits per heavy atom. The Balaban J connectivity index is 2.60. The van der Waals surface area contributed by atoms with Crippen molar-refractivity contribution >= 4 is 11.9 Å². The van der Waals surface area contributed by atoms with E-state index < -0.39 is 5.54 Å². The summed E-state index contributed by atoms with van der Waals surface area (Å²) >= 11 is 0. The molecule has 1 aliphatic rings. The normalized spacial score (nSPS) is 20.4. The summed E-state index contributed by atoms with van der Waals surface area (Å²) in [6.45, 7) is 16.6. The number of nitrogens with two attached hydrogens (primary N) is 1. The molecule has 1 heterocycles. The Bertz CT molecular complexity index is 533. The first-order valence-corrected chi connectivity index (χ1v) is 10.0. The molecule has 1 rings (SSSR count). The molecule has 1 aliphatic heterocycles. The lowest BCUT2D eigenvalue weighted by Crippen LogP contribution is -2.63. The lowest BCUT2D eigenvalue weighted by atomic mass is 9.79. The standard InChI is InChI=1S/C20H40N6O/c1-15(13-22-10-8-9-21)23-14-24-20(6,7)17(27)25-16-11-18(2,3)26-19(4,5)12-16/h15-16,22,26H,8-13,21H2,1-7H3,(H,25,27). The molecule has 0 aromatic rings. The Labute approximate surface area is 165 Å². The molecule has 27 heavy (non-hydrogen) atoms. The molecule has 0 aromatic carbocycles. The van der Waals surface area contributed by atoms with Gasteiger partial charge in [-0.3, -0.25) is 4.79 Å². The fraction of sp³-hybridized carbons (Fsp3) is 0.900. The summed E-state index contributed by atoms with van der Waals surface area (Å²) in [4.78, 5) is 21.3. The molecule has 0 aliphatic carbocycles. The van der Waals surface area contributed by atoms with Gasteiger partial charge in [0.2, 0.25) is 5.91 Å². The van der Waals surface area contributed by atoms with Crippen LogP contribution >= 0.6 is 0 Å². The van der Waals surface area contributed by atoms with Gasteiger partial charge in [-0.15, -0.1) is 0 Å². The lowest BCUT2D eigenvalue weighted by molar-refractivity contribution is -0.126. The van der Waals surface area contributed by atoms with E-state index in [0.717, 1.165) is 32.4 Å². The molecule has 1 atom stereocenters. The van der Waals surface area contributed by atoms with Crippen LogP contribution in [0.25, 0.3) is 0 Å². The summed E-state index contributed by atoms with van der Waals surface area (Å²) in [5, 5.41) is 10.1. The highest BCUT2D eigenvalue weighted by Crippen LogP contribution is 2.28. The molecule has 0 saturated carbocycles. The monoisotopic (exact) mass is 380 g/mol. The summed E-state index contributed by atoms with van der Waals surface area (Å²) in [7, 11) is 0. The molecule has 7 heteroatoms.